The smallest absolute Gasteiger partial charge is 0.203 e. The molecule has 0 radical (unpaired) electrons. The highest BCUT2D eigenvalue weighted by atomic mass is 16.5. The maximum atomic E-state index is 5.41. The van der Waals surface area contributed by atoms with E-state index in [0.717, 1.165) is 24.0 Å². The average Bonchev–Trinajstić information content (AvgIpc) is 2.70. The number of benzene rings is 2. The fourth-order valence-corrected chi connectivity index (χ4v) is 2.85. The van der Waals surface area contributed by atoms with Crippen molar-refractivity contribution in [2.45, 2.75) is 12.8 Å². The first-order valence-corrected chi connectivity index (χ1v) is 8.19. The van der Waals surface area contributed by atoms with E-state index in [2.05, 4.69) is 0 Å². The quantitative estimate of drug-likeness (QED) is 0.680. The van der Waals surface area contributed by atoms with Gasteiger partial charge in [0.2, 0.25) is 11.5 Å². The van der Waals surface area contributed by atoms with Crippen LogP contribution in [-0.2, 0) is 12.8 Å². The zero-order chi connectivity index (χ0) is 19.1. The largest absolute Gasteiger partial charge is 0.493 e. The maximum absolute atomic E-state index is 5.41. The molecular formula is C20H26O6. The SMILES string of the molecule is COc1cc(CCc2cc(OC)c(OC)c(OC)c2)cc(OC)c1OC. The number of aryl methyl sites for hydroxylation is 2. The van der Waals surface area contributed by atoms with Gasteiger partial charge in [-0.05, 0) is 48.2 Å². The summed E-state index contributed by atoms with van der Waals surface area (Å²) in [5, 5.41) is 0. The highest BCUT2D eigenvalue weighted by Gasteiger charge is 2.15. The number of hydrogen-bond donors (Lipinski definition) is 0. The first-order valence-electron chi connectivity index (χ1n) is 8.19. The van der Waals surface area contributed by atoms with E-state index in [0.29, 0.717) is 34.5 Å². The summed E-state index contributed by atoms with van der Waals surface area (Å²) < 4.78 is 32.4. The topological polar surface area (TPSA) is 55.4 Å². The zero-order valence-electron chi connectivity index (χ0n) is 16.2. The monoisotopic (exact) mass is 362 g/mol. The molecule has 142 valence electrons. The molecule has 0 unspecified atom stereocenters. The molecule has 0 spiro atoms. The molecule has 0 heterocycles. The second-order valence-corrected chi connectivity index (χ2v) is 5.57. The summed E-state index contributed by atoms with van der Waals surface area (Å²) in [6.07, 6.45) is 1.57. The van der Waals surface area contributed by atoms with Crippen LogP contribution in [0.5, 0.6) is 34.5 Å². The number of ether oxygens (including phenoxy) is 6. The lowest BCUT2D eigenvalue weighted by molar-refractivity contribution is 0.323. The van der Waals surface area contributed by atoms with Crippen molar-refractivity contribution in [1.82, 2.24) is 0 Å². The standard InChI is InChI=1S/C20H26O6/c1-21-15-9-13(10-16(22-2)19(15)25-5)7-8-14-11-17(23-3)20(26-6)18(12-14)24-4/h9-12H,7-8H2,1-6H3. The van der Waals surface area contributed by atoms with E-state index in [-0.39, 0.29) is 0 Å². The Bertz CT molecular complexity index is 628. The molecule has 0 aliphatic carbocycles. The fraction of sp³-hybridized carbons (Fsp3) is 0.400. The summed E-state index contributed by atoms with van der Waals surface area (Å²) in [6.45, 7) is 0. The zero-order valence-corrected chi connectivity index (χ0v) is 16.2. The molecule has 0 amide bonds. The van der Waals surface area contributed by atoms with E-state index in [1.165, 1.54) is 0 Å². The molecular weight excluding hydrogens is 336 g/mol. The molecule has 0 saturated heterocycles. The Kier molecular flexibility index (Phi) is 6.83. The number of methoxy groups -OCH3 is 6. The normalized spacial score (nSPS) is 10.2. The minimum atomic E-state index is 0.589. The van der Waals surface area contributed by atoms with E-state index in [1.807, 2.05) is 24.3 Å². The molecule has 0 aliphatic heterocycles. The Morgan fingerprint density at radius 2 is 0.731 bits per heavy atom. The summed E-state index contributed by atoms with van der Waals surface area (Å²) in [7, 11) is 9.63. The van der Waals surface area contributed by atoms with Gasteiger partial charge in [-0.2, -0.15) is 0 Å². The van der Waals surface area contributed by atoms with Gasteiger partial charge in [-0.15, -0.1) is 0 Å². The average molecular weight is 362 g/mol. The van der Waals surface area contributed by atoms with E-state index < -0.39 is 0 Å². The Labute approximate surface area is 154 Å². The second kappa shape index (κ2) is 9.08. The van der Waals surface area contributed by atoms with Crippen molar-refractivity contribution in [3.8, 4) is 34.5 Å². The van der Waals surface area contributed by atoms with Crippen LogP contribution in [0.2, 0.25) is 0 Å². The number of rotatable bonds is 9. The van der Waals surface area contributed by atoms with Crippen LogP contribution in [0, 0.1) is 0 Å². The van der Waals surface area contributed by atoms with Crippen molar-refractivity contribution in [1.29, 1.82) is 0 Å². The van der Waals surface area contributed by atoms with Crippen LogP contribution in [0.25, 0.3) is 0 Å². The number of hydrogen-bond acceptors (Lipinski definition) is 6. The molecule has 0 aromatic heterocycles. The summed E-state index contributed by atoms with van der Waals surface area (Å²) in [5.41, 5.74) is 2.15. The summed E-state index contributed by atoms with van der Waals surface area (Å²) in [5.74, 6) is 3.76. The van der Waals surface area contributed by atoms with Gasteiger partial charge >= 0.3 is 0 Å². The predicted molar refractivity (Wildman–Crippen MR) is 99.6 cm³/mol. The molecule has 0 saturated carbocycles. The lowest BCUT2D eigenvalue weighted by atomic mass is 10.0. The van der Waals surface area contributed by atoms with Crippen LogP contribution in [-0.4, -0.2) is 42.7 Å². The Balaban J connectivity index is 2.28. The van der Waals surface area contributed by atoms with Gasteiger partial charge in [0.15, 0.2) is 23.0 Å². The molecule has 2 aromatic carbocycles. The Morgan fingerprint density at radius 1 is 0.462 bits per heavy atom. The first-order chi connectivity index (χ1) is 12.6. The van der Waals surface area contributed by atoms with Gasteiger partial charge < -0.3 is 28.4 Å². The third-order valence-electron chi connectivity index (χ3n) is 4.15. The van der Waals surface area contributed by atoms with Crippen molar-refractivity contribution < 1.29 is 28.4 Å². The highest BCUT2D eigenvalue weighted by Crippen LogP contribution is 2.40. The van der Waals surface area contributed by atoms with Crippen LogP contribution in [0.1, 0.15) is 11.1 Å². The van der Waals surface area contributed by atoms with Crippen molar-refractivity contribution in [2.75, 3.05) is 42.7 Å². The van der Waals surface area contributed by atoms with Gasteiger partial charge in [-0.3, -0.25) is 0 Å². The highest BCUT2D eigenvalue weighted by molar-refractivity contribution is 5.55. The fourth-order valence-electron chi connectivity index (χ4n) is 2.85. The Morgan fingerprint density at radius 3 is 0.923 bits per heavy atom. The van der Waals surface area contributed by atoms with Gasteiger partial charge in [0, 0.05) is 0 Å². The molecule has 2 aromatic rings. The van der Waals surface area contributed by atoms with Crippen LogP contribution in [0.15, 0.2) is 24.3 Å². The van der Waals surface area contributed by atoms with Crippen molar-refractivity contribution in [3.63, 3.8) is 0 Å². The lowest BCUT2D eigenvalue weighted by Crippen LogP contribution is -2.00. The van der Waals surface area contributed by atoms with Crippen LogP contribution < -0.4 is 28.4 Å². The van der Waals surface area contributed by atoms with Gasteiger partial charge in [0.25, 0.3) is 0 Å². The van der Waals surface area contributed by atoms with Gasteiger partial charge in [-0.25, -0.2) is 0 Å². The molecule has 6 heteroatoms. The van der Waals surface area contributed by atoms with E-state index >= 15 is 0 Å². The summed E-state index contributed by atoms with van der Waals surface area (Å²) in [6, 6.07) is 7.83. The minimum absolute atomic E-state index is 0.589. The van der Waals surface area contributed by atoms with Crippen LogP contribution in [0.4, 0.5) is 0 Å². The van der Waals surface area contributed by atoms with Crippen molar-refractivity contribution >= 4 is 0 Å². The molecule has 0 fully saturated rings. The van der Waals surface area contributed by atoms with Gasteiger partial charge in [-0.1, -0.05) is 0 Å². The third kappa shape index (κ3) is 4.07. The van der Waals surface area contributed by atoms with Gasteiger partial charge in [0.1, 0.15) is 0 Å². The maximum Gasteiger partial charge on any atom is 0.203 e. The molecule has 2 rings (SSSR count). The first kappa shape index (κ1) is 19.6. The molecule has 0 aliphatic rings. The summed E-state index contributed by atoms with van der Waals surface area (Å²) >= 11 is 0. The van der Waals surface area contributed by atoms with Crippen molar-refractivity contribution in [2.24, 2.45) is 0 Å². The molecule has 0 bridgehead atoms. The van der Waals surface area contributed by atoms with Gasteiger partial charge in [0.05, 0.1) is 42.7 Å². The molecule has 26 heavy (non-hydrogen) atoms. The van der Waals surface area contributed by atoms with E-state index in [4.69, 9.17) is 28.4 Å². The Hall–Kier alpha value is -2.76. The van der Waals surface area contributed by atoms with Crippen LogP contribution in [0.3, 0.4) is 0 Å². The van der Waals surface area contributed by atoms with E-state index in [9.17, 15) is 0 Å². The minimum Gasteiger partial charge on any atom is -0.493 e. The summed E-state index contributed by atoms with van der Waals surface area (Å²) in [4.78, 5) is 0. The van der Waals surface area contributed by atoms with Crippen LogP contribution >= 0.6 is 0 Å². The molecule has 6 nitrogen and oxygen atoms in total. The van der Waals surface area contributed by atoms with Crippen molar-refractivity contribution in [3.05, 3.63) is 35.4 Å². The lowest BCUT2D eigenvalue weighted by Gasteiger charge is -2.15. The molecule has 0 atom stereocenters. The third-order valence-corrected chi connectivity index (χ3v) is 4.15. The molecule has 0 N–H and O–H groups in total. The van der Waals surface area contributed by atoms with E-state index in [1.54, 1.807) is 42.7 Å². The predicted octanol–water partition coefficient (Wildman–Crippen LogP) is 3.52. The second-order valence-electron chi connectivity index (χ2n) is 5.57.